The number of rotatable bonds is 5. The Morgan fingerprint density at radius 3 is 2.25 bits per heavy atom. The smallest absolute Gasteiger partial charge is 0.259 e. The molecule has 0 bridgehead atoms. The molecule has 0 spiro atoms. The molecule has 1 aromatic heterocycles. The van der Waals surface area contributed by atoms with Gasteiger partial charge in [-0.3, -0.25) is 4.79 Å². The molecule has 0 aliphatic rings. The van der Waals surface area contributed by atoms with Gasteiger partial charge in [-0.05, 0) is 30.3 Å². The lowest BCUT2D eigenvalue weighted by molar-refractivity contribution is 0.249. The third kappa shape index (κ3) is 3.64. The molecule has 0 unspecified atom stereocenters. The van der Waals surface area contributed by atoms with Gasteiger partial charge in [-0.2, -0.15) is 8.78 Å². The van der Waals surface area contributed by atoms with Gasteiger partial charge < -0.3 is 14.5 Å². The second-order valence-corrected chi connectivity index (χ2v) is 6.65. The third-order valence-corrected chi connectivity index (χ3v) is 4.71. The van der Waals surface area contributed by atoms with E-state index in [-0.39, 0.29) is 22.7 Å². The van der Waals surface area contributed by atoms with Crippen LogP contribution in [0.3, 0.4) is 0 Å². The Morgan fingerprint density at radius 1 is 0.906 bits per heavy atom. The molecule has 0 aliphatic carbocycles. The van der Waals surface area contributed by atoms with Crippen LogP contribution in [0.5, 0.6) is 11.5 Å². The highest BCUT2D eigenvalue weighted by molar-refractivity contribution is 5.79. The van der Waals surface area contributed by atoms with E-state index in [1.54, 1.807) is 30.3 Å². The number of hydrogen-bond acceptors (Lipinski definition) is 4. The fourth-order valence-corrected chi connectivity index (χ4v) is 3.12. The molecule has 0 atom stereocenters. The van der Waals surface area contributed by atoms with E-state index in [0.29, 0.717) is 16.5 Å². The van der Waals surface area contributed by atoms with Crippen molar-refractivity contribution < 1.29 is 31.4 Å². The highest BCUT2D eigenvalue weighted by atomic mass is 19.2. The molecule has 0 saturated carbocycles. The van der Waals surface area contributed by atoms with Crippen LogP contribution in [0.4, 0.5) is 22.0 Å². The van der Waals surface area contributed by atoms with Gasteiger partial charge in [-0.25, -0.2) is 18.2 Å². The van der Waals surface area contributed by atoms with Crippen molar-refractivity contribution in [2.45, 2.75) is 6.61 Å². The maximum atomic E-state index is 13.9. The lowest BCUT2D eigenvalue weighted by Gasteiger charge is -2.14. The van der Waals surface area contributed by atoms with Crippen molar-refractivity contribution >= 4 is 10.9 Å². The minimum Gasteiger partial charge on any atom is -0.496 e. The van der Waals surface area contributed by atoms with E-state index in [2.05, 4.69) is 9.97 Å². The van der Waals surface area contributed by atoms with Gasteiger partial charge in [0, 0.05) is 11.1 Å². The molecule has 0 fully saturated rings. The van der Waals surface area contributed by atoms with E-state index in [1.807, 2.05) is 0 Å². The molecule has 0 amide bonds. The van der Waals surface area contributed by atoms with Crippen LogP contribution in [-0.2, 0) is 6.61 Å². The molecule has 32 heavy (non-hydrogen) atoms. The summed E-state index contributed by atoms with van der Waals surface area (Å²) in [7, 11) is 1.33. The van der Waals surface area contributed by atoms with Crippen molar-refractivity contribution in [3.05, 3.63) is 87.5 Å². The maximum Gasteiger partial charge on any atom is 0.259 e. The Morgan fingerprint density at radius 2 is 1.56 bits per heavy atom. The van der Waals surface area contributed by atoms with Crippen molar-refractivity contribution in [2.24, 2.45) is 0 Å². The van der Waals surface area contributed by atoms with Crippen LogP contribution in [0, 0.1) is 29.1 Å². The molecule has 4 rings (SSSR count). The van der Waals surface area contributed by atoms with Crippen molar-refractivity contribution in [3.63, 3.8) is 0 Å². The molecule has 1 heterocycles. The summed E-state index contributed by atoms with van der Waals surface area (Å²) in [4.78, 5) is 19.3. The van der Waals surface area contributed by atoms with Crippen molar-refractivity contribution in [1.29, 1.82) is 0 Å². The number of methoxy groups -OCH3 is 1. The molecule has 5 nitrogen and oxygen atoms in total. The second-order valence-electron chi connectivity index (χ2n) is 6.65. The predicted molar refractivity (Wildman–Crippen MR) is 105 cm³/mol. The monoisotopic (exact) mass is 448 g/mol. The molecular formula is C22H13F5N2O3. The first-order valence-electron chi connectivity index (χ1n) is 9.12. The molecule has 10 heteroatoms. The van der Waals surface area contributed by atoms with E-state index in [0.717, 1.165) is 0 Å². The van der Waals surface area contributed by atoms with Crippen LogP contribution in [0.25, 0.3) is 22.3 Å². The molecule has 0 aliphatic heterocycles. The zero-order valence-corrected chi connectivity index (χ0v) is 16.3. The van der Waals surface area contributed by atoms with Gasteiger partial charge in [0.25, 0.3) is 5.56 Å². The molecule has 0 radical (unpaired) electrons. The minimum atomic E-state index is -2.28. The maximum absolute atomic E-state index is 13.9. The Labute approximate surface area is 177 Å². The van der Waals surface area contributed by atoms with Crippen LogP contribution in [0.2, 0.25) is 0 Å². The average molecular weight is 448 g/mol. The summed E-state index contributed by atoms with van der Waals surface area (Å²) in [6.07, 6.45) is 0. The number of benzene rings is 3. The van der Waals surface area contributed by atoms with Crippen LogP contribution in [-0.4, -0.2) is 17.1 Å². The number of para-hydroxylation sites is 1. The first-order valence-corrected chi connectivity index (χ1v) is 9.12. The summed E-state index contributed by atoms with van der Waals surface area (Å²) >= 11 is 0. The molecule has 3 aromatic carbocycles. The number of fused-ring (bicyclic) bond motifs is 1. The van der Waals surface area contributed by atoms with Crippen molar-refractivity contribution in [2.75, 3.05) is 7.11 Å². The standard InChI is InChI=1S/C22H13F5N2O3/c1-31-14-7-6-10(21-28-13-5-3-2-4-12(13)22(30)29-21)8-11(14)9-32-20-18(26)16(24)15(23)17(25)19(20)27/h2-8H,9H2,1H3,(H,28,29,30). The minimum absolute atomic E-state index is 0.203. The largest absolute Gasteiger partial charge is 0.496 e. The van der Waals surface area contributed by atoms with E-state index in [4.69, 9.17) is 9.47 Å². The normalized spacial score (nSPS) is 11.1. The highest BCUT2D eigenvalue weighted by Crippen LogP contribution is 2.31. The van der Waals surface area contributed by atoms with Gasteiger partial charge in [-0.1, -0.05) is 12.1 Å². The Hall–Kier alpha value is -3.95. The van der Waals surface area contributed by atoms with Crippen LogP contribution in [0.15, 0.2) is 47.3 Å². The summed E-state index contributed by atoms with van der Waals surface area (Å²) in [5.74, 6) is -11.7. The fourth-order valence-electron chi connectivity index (χ4n) is 3.12. The quantitative estimate of drug-likeness (QED) is 0.269. The average Bonchev–Trinajstić information content (AvgIpc) is 2.81. The summed E-state index contributed by atoms with van der Waals surface area (Å²) in [6, 6.07) is 11.2. The summed E-state index contributed by atoms with van der Waals surface area (Å²) in [5.41, 5.74) is 0.691. The number of aromatic nitrogens is 2. The number of nitrogens with one attached hydrogen (secondary N) is 1. The zero-order valence-electron chi connectivity index (χ0n) is 16.3. The van der Waals surface area contributed by atoms with E-state index < -0.39 is 41.4 Å². The third-order valence-electron chi connectivity index (χ3n) is 4.71. The molecular weight excluding hydrogens is 435 g/mol. The van der Waals surface area contributed by atoms with Gasteiger partial charge in [0.2, 0.25) is 29.1 Å². The fraction of sp³-hybridized carbons (Fsp3) is 0.0909. The van der Waals surface area contributed by atoms with Crippen molar-refractivity contribution in [3.8, 4) is 22.9 Å². The SMILES string of the molecule is COc1ccc(-c2nc3ccccc3c(=O)[nH]2)cc1COc1c(F)c(F)c(F)c(F)c1F. The van der Waals surface area contributed by atoms with E-state index in [9.17, 15) is 26.7 Å². The van der Waals surface area contributed by atoms with Gasteiger partial charge >= 0.3 is 0 Å². The van der Waals surface area contributed by atoms with Gasteiger partial charge in [-0.15, -0.1) is 0 Å². The lowest BCUT2D eigenvalue weighted by atomic mass is 10.1. The van der Waals surface area contributed by atoms with Crippen LogP contribution < -0.4 is 15.0 Å². The first kappa shape index (κ1) is 21.3. The van der Waals surface area contributed by atoms with E-state index >= 15 is 0 Å². The number of ether oxygens (including phenoxy) is 2. The lowest BCUT2D eigenvalue weighted by Crippen LogP contribution is -2.10. The Bertz CT molecular complexity index is 1380. The van der Waals surface area contributed by atoms with Crippen molar-refractivity contribution in [1.82, 2.24) is 9.97 Å². The van der Waals surface area contributed by atoms with Crippen LogP contribution in [0.1, 0.15) is 5.56 Å². The van der Waals surface area contributed by atoms with Gasteiger partial charge in [0.1, 0.15) is 18.2 Å². The number of nitrogens with zero attached hydrogens (tertiary/aromatic N) is 1. The molecule has 1 N–H and O–H groups in total. The Kier molecular flexibility index (Phi) is 5.52. The van der Waals surface area contributed by atoms with Gasteiger partial charge in [0.05, 0.1) is 18.0 Å². The number of H-pyrrole nitrogens is 1. The summed E-state index contributed by atoms with van der Waals surface area (Å²) in [5, 5.41) is 0.389. The topological polar surface area (TPSA) is 64.2 Å². The number of aromatic amines is 1. The first-order chi connectivity index (χ1) is 15.3. The Balaban J connectivity index is 1.73. The highest BCUT2D eigenvalue weighted by Gasteiger charge is 2.27. The van der Waals surface area contributed by atoms with E-state index in [1.165, 1.54) is 19.2 Å². The number of halogens is 5. The molecule has 4 aromatic rings. The second kappa shape index (κ2) is 8.29. The van der Waals surface area contributed by atoms with Crippen LogP contribution >= 0.6 is 0 Å². The molecule has 0 saturated heterocycles. The summed E-state index contributed by atoms with van der Waals surface area (Å²) < 4.78 is 78.0. The number of hydrogen-bond donors (Lipinski definition) is 1. The van der Waals surface area contributed by atoms with Gasteiger partial charge in [0.15, 0.2) is 5.75 Å². The predicted octanol–water partition coefficient (Wildman–Crippen LogP) is 4.87. The zero-order chi connectivity index (χ0) is 23.0. The summed E-state index contributed by atoms with van der Waals surface area (Å²) in [6.45, 7) is -0.590. The molecule has 164 valence electrons.